The molecule has 0 spiro atoms. The van der Waals surface area contributed by atoms with E-state index < -0.39 is 5.60 Å². The Kier molecular flexibility index (Phi) is 3.47. The Morgan fingerprint density at radius 2 is 2.12 bits per heavy atom. The van der Waals surface area contributed by atoms with Gasteiger partial charge in [0, 0.05) is 5.56 Å². The Morgan fingerprint density at radius 1 is 1.50 bits per heavy atom. The summed E-state index contributed by atoms with van der Waals surface area (Å²) in [5, 5.41) is 6.09. The van der Waals surface area contributed by atoms with Gasteiger partial charge in [0.05, 0.1) is 12.1 Å². The molecule has 1 aromatic rings. The van der Waals surface area contributed by atoms with Crippen LogP contribution >= 0.6 is 0 Å². The number of H-pyrrole nitrogens is 1. The maximum absolute atomic E-state index is 11.5. The molecular formula is C11H16N2O3. The predicted octanol–water partition coefficient (Wildman–Crippen LogP) is 0.963. The van der Waals surface area contributed by atoms with E-state index in [1.54, 1.807) is 33.8 Å². The van der Waals surface area contributed by atoms with Crippen LogP contribution in [0.25, 0.3) is 0 Å². The van der Waals surface area contributed by atoms with Crippen LogP contribution in [0.4, 0.5) is 0 Å². The maximum atomic E-state index is 11.5. The molecule has 0 unspecified atom stereocenters. The SMILES string of the molecule is Cc1cc(CC(=O)OC(C)(C)C)n[nH]c1=O. The van der Waals surface area contributed by atoms with E-state index in [9.17, 15) is 9.59 Å². The third-order valence-corrected chi connectivity index (χ3v) is 1.79. The number of aromatic amines is 1. The number of nitrogens with zero attached hydrogens (tertiary/aromatic N) is 1. The van der Waals surface area contributed by atoms with Crippen LogP contribution in [0.5, 0.6) is 0 Å². The van der Waals surface area contributed by atoms with Gasteiger partial charge in [-0.1, -0.05) is 0 Å². The smallest absolute Gasteiger partial charge is 0.312 e. The first-order chi connectivity index (χ1) is 7.28. The summed E-state index contributed by atoms with van der Waals surface area (Å²) in [6.45, 7) is 7.07. The minimum atomic E-state index is -0.506. The number of rotatable bonds is 2. The van der Waals surface area contributed by atoms with Gasteiger partial charge in [-0.05, 0) is 33.8 Å². The summed E-state index contributed by atoms with van der Waals surface area (Å²) in [5.74, 6) is -0.355. The Morgan fingerprint density at radius 3 is 2.62 bits per heavy atom. The van der Waals surface area contributed by atoms with E-state index >= 15 is 0 Å². The summed E-state index contributed by atoms with van der Waals surface area (Å²) in [5.41, 5.74) is 0.293. The highest BCUT2D eigenvalue weighted by molar-refractivity contribution is 5.72. The van der Waals surface area contributed by atoms with Crippen molar-refractivity contribution < 1.29 is 9.53 Å². The van der Waals surface area contributed by atoms with E-state index in [1.807, 2.05) is 0 Å². The van der Waals surface area contributed by atoms with Gasteiger partial charge in [0.25, 0.3) is 5.56 Å². The van der Waals surface area contributed by atoms with Gasteiger partial charge in [-0.2, -0.15) is 5.10 Å². The number of ether oxygens (including phenoxy) is 1. The second-order valence-electron chi connectivity index (χ2n) is 4.63. The molecule has 88 valence electrons. The second-order valence-corrected chi connectivity index (χ2v) is 4.63. The third-order valence-electron chi connectivity index (χ3n) is 1.79. The fourth-order valence-corrected chi connectivity index (χ4v) is 1.17. The summed E-state index contributed by atoms with van der Waals surface area (Å²) < 4.78 is 5.14. The highest BCUT2D eigenvalue weighted by Gasteiger charge is 2.17. The number of esters is 1. The topological polar surface area (TPSA) is 72.0 Å². The van der Waals surface area contributed by atoms with E-state index in [1.165, 1.54) is 0 Å². The van der Waals surface area contributed by atoms with Gasteiger partial charge in [0.2, 0.25) is 0 Å². The van der Waals surface area contributed by atoms with Gasteiger partial charge in [-0.25, -0.2) is 5.10 Å². The van der Waals surface area contributed by atoms with Gasteiger partial charge in [-0.15, -0.1) is 0 Å². The minimum Gasteiger partial charge on any atom is -0.460 e. The average molecular weight is 224 g/mol. The molecule has 0 aliphatic heterocycles. The molecule has 1 rings (SSSR count). The Bertz CT molecular complexity index is 443. The molecule has 0 atom stereocenters. The van der Waals surface area contributed by atoms with Crippen LogP contribution in [0.2, 0.25) is 0 Å². The quantitative estimate of drug-likeness (QED) is 0.759. The summed E-state index contributed by atoms with van der Waals surface area (Å²) in [7, 11) is 0. The van der Waals surface area contributed by atoms with E-state index in [2.05, 4.69) is 10.2 Å². The van der Waals surface area contributed by atoms with Crippen molar-refractivity contribution in [2.75, 3.05) is 0 Å². The lowest BCUT2D eigenvalue weighted by molar-refractivity contribution is -0.154. The number of aromatic nitrogens is 2. The molecule has 5 nitrogen and oxygen atoms in total. The van der Waals surface area contributed by atoms with Crippen molar-refractivity contribution in [1.29, 1.82) is 0 Å². The van der Waals surface area contributed by atoms with Crippen LogP contribution in [0.15, 0.2) is 10.9 Å². The third kappa shape index (κ3) is 3.84. The van der Waals surface area contributed by atoms with Crippen LogP contribution in [-0.4, -0.2) is 21.8 Å². The average Bonchev–Trinajstić information content (AvgIpc) is 2.08. The lowest BCUT2D eigenvalue weighted by Gasteiger charge is -2.19. The van der Waals surface area contributed by atoms with Gasteiger partial charge >= 0.3 is 5.97 Å². The molecular weight excluding hydrogens is 208 g/mol. The van der Waals surface area contributed by atoms with E-state index in [-0.39, 0.29) is 17.9 Å². The number of hydrogen-bond donors (Lipinski definition) is 1. The second kappa shape index (κ2) is 4.47. The summed E-state index contributed by atoms with van der Waals surface area (Å²) in [4.78, 5) is 22.5. The Balaban J connectivity index is 2.71. The highest BCUT2D eigenvalue weighted by atomic mass is 16.6. The van der Waals surface area contributed by atoms with E-state index in [0.29, 0.717) is 11.3 Å². The fourth-order valence-electron chi connectivity index (χ4n) is 1.17. The molecule has 5 heteroatoms. The monoisotopic (exact) mass is 224 g/mol. The lowest BCUT2D eigenvalue weighted by Crippen LogP contribution is -2.25. The molecule has 16 heavy (non-hydrogen) atoms. The van der Waals surface area contributed by atoms with Crippen molar-refractivity contribution in [3.63, 3.8) is 0 Å². The van der Waals surface area contributed by atoms with Crippen LogP contribution in [-0.2, 0) is 16.0 Å². The number of aryl methyl sites for hydroxylation is 1. The first kappa shape index (κ1) is 12.4. The zero-order valence-electron chi connectivity index (χ0n) is 9.96. The van der Waals surface area contributed by atoms with Gasteiger partial charge < -0.3 is 4.74 Å². The zero-order valence-corrected chi connectivity index (χ0v) is 9.96. The Labute approximate surface area is 93.8 Å². The van der Waals surface area contributed by atoms with Crippen LogP contribution in [0.3, 0.4) is 0 Å². The molecule has 0 aliphatic rings. The van der Waals surface area contributed by atoms with Gasteiger partial charge in [0.15, 0.2) is 0 Å². The maximum Gasteiger partial charge on any atom is 0.312 e. The zero-order chi connectivity index (χ0) is 12.3. The number of carbonyl (C=O) groups excluding carboxylic acids is 1. The normalized spacial score (nSPS) is 11.2. The molecule has 0 amide bonds. The van der Waals surface area contributed by atoms with Gasteiger partial charge in [0.1, 0.15) is 5.60 Å². The van der Waals surface area contributed by atoms with E-state index in [4.69, 9.17) is 4.74 Å². The molecule has 0 bridgehead atoms. The number of hydrogen-bond acceptors (Lipinski definition) is 4. The van der Waals surface area contributed by atoms with Crippen molar-refractivity contribution in [3.05, 3.63) is 27.7 Å². The van der Waals surface area contributed by atoms with Crippen LogP contribution < -0.4 is 5.56 Å². The first-order valence-electron chi connectivity index (χ1n) is 5.05. The van der Waals surface area contributed by atoms with Crippen molar-refractivity contribution >= 4 is 5.97 Å². The lowest BCUT2D eigenvalue weighted by atomic mass is 10.2. The molecule has 0 radical (unpaired) electrons. The van der Waals surface area contributed by atoms with Crippen LogP contribution in [0, 0.1) is 6.92 Å². The highest BCUT2D eigenvalue weighted by Crippen LogP contribution is 2.08. The van der Waals surface area contributed by atoms with Gasteiger partial charge in [-0.3, -0.25) is 9.59 Å². The number of nitrogens with one attached hydrogen (secondary N) is 1. The largest absolute Gasteiger partial charge is 0.460 e. The minimum absolute atomic E-state index is 0.0644. The molecule has 0 fully saturated rings. The first-order valence-corrected chi connectivity index (χ1v) is 5.05. The number of carbonyl (C=O) groups is 1. The molecule has 1 heterocycles. The molecule has 1 N–H and O–H groups in total. The summed E-state index contributed by atoms with van der Waals surface area (Å²) >= 11 is 0. The molecule has 1 aromatic heterocycles. The van der Waals surface area contributed by atoms with Crippen molar-refractivity contribution in [3.8, 4) is 0 Å². The molecule has 0 saturated heterocycles. The Hall–Kier alpha value is -1.65. The fraction of sp³-hybridized carbons (Fsp3) is 0.545. The van der Waals surface area contributed by atoms with Crippen molar-refractivity contribution in [2.24, 2.45) is 0 Å². The summed E-state index contributed by atoms with van der Waals surface area (Å²) in [6, 6.07) is 1.59. The molecule has 0 saturated carbocycles. The predicted molar refractivity (Wildman–Crippen MR) is 59.1 cm³/mol. The van der Waals surface area contributed by atoms with Crippen LogP contribution in [0.1, 0.15) is 32.0 Å². The van der Waals surface area contributed by atoms with E-state index in [0.717, 1.165) is 0 Å². The van der Waals surface area contributed by atoms with Crippen molar-refractivity contribution in [1.82, 2.24) is 10.2 Å². The van der Waals surface area contributed by atoms with Crippen molar-refractivity contribution in [2.45, 2.75) is 39.7 Å². The molecule has 0 aromatic carbocycles. The summed E-state index contributed by atoms with van der Waals surface area (Å²) in [6.07, 6.45) is 0.0644. The molecule has 0 aliphatic carbocycles. The standard InChI is InChI=1S/C11H16N2O3/c1-7-5-8(12-13-10(7)15)6-9(14)16-11(2,3)4/h5H,6H2,1-4H3,(H,13,15).